The molecule has 202 valence electrons. The van der Waals surface area contributed by atoms with E-state index in [1.165, 1.54) is 15.4 Å². The van der Waals surface area contributed by atoms with Gasteiger partial charge in [0, 0.05) is 29.2 Å². The lowest BCUT2D eigenvalue weighted by Crippen LogP contribution is -2.39. The molecule has 0 saturated heterocycles. The van der Waals surface area contributed by atoms with E-state index in [2.05, 4.69) is 47.1 Å². The van der Waals surface area contributed by atoms with E-state index in [0.717, 1.165) is 33.8 Å². The first-order valence-electron chi connectivity index (χ1n) is 12.8. The minimum atomic E-state index is -3.92. The average molecular weight is 543 g/mol. The van der Waals surface area contributed by atoms with Crippen molar-refractivity contribution < 1.29 is 13.2 Å². The Balaban J connectivity index is 1.52. The van der Waals surface area contributed by atoms with E-state index in [4.69, 9.17) is 0 Å². The van der Waals surface area contributed by atoms with Crippen LogP contribution in [0, 0.1) is 34.6 Å². The summed E-state index contributed by atoms with van der Waals surface area (Å²) < 4.78 is 30.2. The van der Waals surface area contributed by atoms with Crippen LogP contribution in [0.1, 0.15) is 39.2 Å². The first-order valence-corrected chi connectivity index (χ1v) is 14.2. The Morgan fingerprint density at radius 3 is 2.23 bits per heavy atom. The van der Waals surface area contributed by atoms with Crippen LogP contribution in [0.3, 0.4) is 0 Å². The maximum atomic E-state index is 13.5. The number of rotatable bonds is 9. The zero-order valence-corrected chi connectivity index (χ0v) is 23.8. The molecule has 1 aromatic heterocycles. The van der Waals surface area contributed by atoms with Crippen molar-refractivity contribution in [2.75, 3.05) is 6.54 Å². The number of aryl methyl sites for hydroxylation is 4. The number of nitrogens with one attached hydrogen (secondary N) is 1. The molecule has 0 fully saturated rings. The highest BCUT2D eigenvalue weighted by molar-refractivity contribution is 7.89. The summed E-state index contributed by atoms with van der Waals surface area (Å²) in [5, 5.41) is 4.15. The number of nitrogens with zero attached hydrogens (tertiary/aromatic N) is 3. The van der Waals surface area contributed by atoms with Gasteiger partial charge < -0.3 is 4.57 Å². The van der Waals surface area contributed by atoms with Gasteiger partial charge in [0.2, 0.25) is 10.0 Å². The van der Waals surface area contributed by atoms with Crippen molar-refractivity contribution in [3.8, 4) is 5.69 Å². The molecule has 39 heavy (non-hydrogen) atoms. The molecule has 0 spiro atoms. The molecule has 7 nitrogen and oxygen atoms in total. The average Bonchev–Trinajstić information content (AvgIpc) is 3.17. The molecule has 8 heteroatoms. The van der Waals surface area contributed by atoms with Gasteiger partial charge in [-0.25, -0.2) is 13.8 Å². The molecule has 0 aliphatic rings. The van der Waals surface area contributed by atoms with Crippen LogP contribution in [0.15, 0.2) is 88.9 Å². The van der Waals surface area contributed by atoms with Gasteiger partial charge in [0.15, 0.2) is 0 Å². The van der Waals surface area contributed by atoms with Gasteiger partial charge in [0.1, 0.15) is 0 Å². The third-order valence-corrected chi connectivity index (χ3v) is 8.44. The van der Waals surface area contributed by atoms with Gasteiger partial charge in [0.25, 0.3) is 5.91 Å². The summed E-state index contributed by atoms with van der Waals surface area (Å²) in [5.41, 5.74) is 10.6. The van der Waals surface area contributed by atoms with Crippen LogP contribution in [-0.4, -0.2) is 36.0 Å². The third-order valence-electron chi connectivity index (χ3n) is 6.64. The first-order chi connectivity index (χ1) is 18.6. The molecule has 0 bridgehead atoms. The SMILES string of the molecule is Cc1ccc(S(=O)(=O)N(CC(=O)N/N=C/c2cc(C)n(-c3ccc(C)cc3C)c2C)Cc2ccccc2)cc1. The van der Waals surface area contributed by atoms with Crippen LogP contribution in [0.5, 0.6) is 0 Å². The van der Waals surface area contributed by atoms with Crippen molar-refractivity contribution in [1.29, 1.82) is 0 Å². The molecule has 0 aliphatic carbocycles. The lowest BCUT2D eigenvalue weighted by Gasteiger charge is -2.21. The second kappa shape index (κ2) is 11.8. The Morgan fingerprint density at radius 1 is 0.897 bits per heavy atom. The van der Waals surface area contributed by atoms with Gasteiger partial charge in [-0.2, -0.15) is 9.41 Å². The monoisotopic (exact) mass is 542 g/mol. The van der Waals surface area contributed by atoms with Crippen LogP contribution >= 0.6 is 0 Å². The zero-order valence-electron chi connectivity index (χ0n) is 23.0. The number of carbonyl (C=O) groups is 1. The van der Waals surface area contributed by atoms with E-state index in [1.807, 2.05) is 57.2 Å². The van der Waals surface area contributed by atoms with Gasteiger partial charge in [-0.05, 0) is 70.0 Å². The number of benzene rings is 3. The van der Waals surface area contributed by atoms with Crippen molar-refractivity contribution in [2.45, 2.75) is 46.1 Å². The molecular weight excluding hydrogens is 508 g/mol. The Kier molecular flexibility index (Phi) is 8.47. The third kappa shape index (κ3) is 6.53. The van der Waals surface area contributed by atoms with Crippen molar-refractivity contribution >= 4 is 22.1 Å². The van der Waals surface area contributed by atoms with Crippen LogP contribution in [0.4, 0.5) is 0 Å². The number of sulfonamides is 1. The highest BCUT2D eigenvalue weighted by atomic mass is 32.2. The van der Waals surface area contributed by atoms with Crippen LogP contribution in [0.25, 0.3) is 5.69 Å². The Hall–Kier alpha value is -4.01. The normalized spacial score (nSPS) is 11.8. The van der Waals surface area contributed by atoms with E-state index in [1.54, 1.807) is 30.5 Å². The summed E-state index contributed by atoms with van der Waals surface area (Å²) >= 11 is 0. The molecule has 0 atom stereocenters. The first kappa shape index (κ1) is 28.0. The Bertz CT molecular complexity index is 1610. The lowest BCUT2D eigenvalue weighted by atomic mass is 10.1. The fraction of sp³-hybridized carbons (Fsp3) is 0.226. The summed E-state index contributed by atoms with van der Waals surface area (Å²) in [7, 11) is -3.92. The van der Waals surface area contributed by atoms with Gasteiger partial charge in [-0.15, -0.1) is 0 Å². The standard InChI is InChI=1S/C31H34N4O3S/c1-22-11-14-29(15-12-22)39(37,38)34(20-27-9-7-6-8-10-27)21-31(36)33-32-19-28-18-25(4)35(26(28)5)30-16-13-23(2)17-24(30)3/h6-19H,20-21H2,1-5H3,(H,33,36)/b32-19+. The topological polar surface area (TPSA) is 83.8 Å². The van der Waals surface area contributed by atoms with Gasteiger partial charge >= 0.3 is 0 Å². The maximum Gasteiger partial charge on any atom is 0.255 e. The Labute approximate surface area is 230 Å². The summed E-state index contributed by atoms with van der Waals surface area (Å²) in [6.45, 7) is 9.77. The van der Waals surface area contributed by atoms with Crippen molar-refractivity contribution in [2.24, 2.45) is 5.10 Å². The van der Waals surface area contributed by atoms with E-state index >= 15 is 0 Å². The van der Waals surface area contributed by atoms with Crippen LogP contribution in [0.2, 0.25) is 0 Å². The number of aromatic nitrogens is 1. The molecule has 0 saturated carbocycles. The smallest absolute Gasteiger partial charge is 0.255 e. The van der Waals surface area contributed by atoms with E-state index in [9.17, 15) is 13.2 Å². The second-order valence-corrected chi connectivity index (χ2v) is 11.8. The predicted octanol–water partition coefficient (Wildman–Crippen LogP) is 5.36. The summed E-state index contributed by atoms with van der Waals surface area (Å²) in [6.07, 6.45) is 1.59. The fourth-order valence-corrected chi connectivity index (χ4v) is 5.97. The second-order valence-electron chi connectivity index (χ2n) is 9.82. The summed E-state index contributed by atoms with van der Waals surface area (Å²) in [5.74, 6) is -0.527. The molecule has 3 aromatic carbocycles. The molecule has 1 amide bonds. The van der Waals surface area contributed by atoms with Crippen molar-refractivity contribution in [3.63, 3.8) is 0 Å². The highest BCUT2D eigenvalue weighted by Gasteiger charge is 2.27. The van der Waals surface area contributed by atoms with Crippen LogP contribution in [-0.2, 0) is 21.4 Å². The zero-order chi connectivity index (χ0) is 28.2. The van der Waals surface area contributed by atoms with Gasteiger partial charge in [-0.3, -0.25) is 4.79 Å². The largest absolute Gasteiger partial charge is 0.318 e. The number of hydrazone groups is 1. The number of carbonyl (C=O) groups excluding carboxylic acids is 1. The summed E-state index contributed by atoms with van der Waals surface area (Å²) in [4.78, 5) is 13.0. The van der Waals surface area contributed by atoms with Crippen molar-refractivity contribution in [3.05, 3.63) is 118 Å². The Morgan fingerprint density at radius 2 is 1.56 bits per heavy atom. The number of amides is 1. The van der Waals surface area contributed by atoms with Gasteiger partial charge in [0.05, 0.1) is 17.7 Å². The molecular formula is C31H34N4O3S. The van der Waals surface area contributed by atoms with E-state index in [-0.39, 0.29) is 18.0 Å². The lowest BCUT2D eigenvalue weighted by molar-refractivity contribution is -0.121. The van der Waals surface area contributed by atoms with E-state index in [0.29, 0.717) is 0 Å². The molecule has 0 unspecified atom stereocenters. The predicted molar refractivity (Wildman–Crippen MR) is 156 cm³/mol. The number of hydrogen-bond donors (Lipinski definition) is 1. The minimum absolute atomic E-state index is 0.0608. The molecule has 4 rings (SSSR count). The maximum absolute atomic E-state index is 13.5. The number of hydrogen-bond acceptors (Lipinski definition) is 4. The van der Waals surface area contributed by atoms with Crippen molar-refractivity contribution in [1.82, 2.24) is 14.3 Å². The highest BCUT2D eigenvalue weighted by Crippen LogP contribution is 2.23. The molecule has 0 aliphatic heterocycles. The molecule has 0 radical (unpaired) electrons. The quantitative estimate of drug-likeness (QED) is 0.228. The fourth-order valence-electron chi connectivity index (χ4n) is 4.59. The minimum Gasteiger partial charge on any atom is -0.318 e. The summed E-state index contributed by atoms with van der Waals surface area (Å²) in [6, 6.07) is 24.1. The molecule has 4 aromatic rings. The van der Waals surface area contributed by atoms with Crippen LogP contribution < -0.4 is 5.43 Å². The van der Waals surface area contributed by atoms with E-state index < -0.39 is 15.9 Å². The molecule has 1 heterocycles. The van der Waals surface area contributed by atoms with Gasteiger partial charge in [-0.1, -0.05) is 65.7 Å². The molecule has 1 N–H and O–H groups in total.